The molecule has 5 nitrogen and oxygen atoms in total. The Kier molecular flexibility index (Phi) is 2.82. The lowest BCUT2D eigenvalue weighted by Crippen LogP contribution is -2.53. The van der Waals surface area contributed by atoms with E-state index < -0.39 is 35.3 Å². The number of aliphatic hydroxyl groups excluding tert-OH is 1. The first-order chi connectivity index (χ1) is 11.4. The molecule has 0 radical (unpaired) electrons. The molecule has 4 heterocycles. The zero-order valence-electron chi connectivity index (χ0n) is 13.0. The van der Waals surface area contributed by atoms with Gasteiger partial charge in [-0.05, 0) is 25.1 Å². The molecule has 4 saturated heterocycles. The summed E-state index contributed by atoms with van der Waals surface area (Å²) in [7, 11) is 0. The summed E-state index contributed by atoms with van der Waals surface area (Å²) in [5.41, 5.74) is -1.01. The summed E-state index contributed by atoms with van der Waals surface area (Å²) in [6.07, 6.45) is 0.00289. The number of fused-ring (bicyclic) bond motifs is 2. The third-order valence-corrected chi connectivity index (χ3v) is 6.57. The van der Waals surface area contributed by atoms with E-state index in [-0.39, 0.29) is 16.8 Å². The molecule has 1 amide bonds. The van der Waals surface area contributed by atoms with Gasteiger partial charge in [-0.2, -0.15) is 0 Å². The second-order valence-corrected chi connectivity index (χ2v) is 7.80. The molecule has 1 N–H and O–H groups in total. The van der Waals surface area contributed by atoms with Gasteiger partial charge in [0.15, 0.2) is 0 Å². The monoisotopic (exact) mass is 353 g/mol. The van der Waals surface area contributed by atoms with E-state index in [0.717, 1.165) is 0 Å². The minimum absolute atomic E-state index is 0.0115. The number of rotatable bonds is 1. The Morgan fingerprint density at radius 2 is 2.25 bits per heavy atom. The van der Waals surface area contributed by atoms with Gasteiger partial charge >= 0.3 is 0 Å². The number of halogens is 2. The molecule has 0 aromatic heterocycles. The number of nitrogens with zero attached hydrogens (tertiary/aromatic N) is 1. The molecular formula is C17H17ClFNO4. The van der Waals surface area contributed by atoms with Crippen LogP contribution in [0.4, 0.5) is 10.1 Å². The highest BCUT2D eigenvalue weighted by molar-refractivity contribution is 6.30. The number of benzene rings is 1. The number of amides is 1. The maximum Gasteiger partial charge on any atom is 0.235 e. The number of ether oxygens (including phenoxy) is 2. The van der Waals surface area contributed by atoms with Crippen molar-refractivity contribution in [2.45, 2.75) is 43.3 Å². The van der Waals surface area contributed by atoms with Gasteiger partial charge in [0, 0.05) is 24.4 Å². The average molecular weight is 354 g/mol. The number of carbonyl (C=O) groups excluding carboxylic acids is 1. The minimum Gasteiger partial charge on any atom is -0.390 e. The summed E-state index contributed by atoms with van der Waals surface area (Å²) in [5.74, 6) is -1.39. The largest absolute Gasteiger partial charge is 0.390 e. The third kappa shape index (κ3) is 1.58. The highest BCUT2D eigenvalue weighted by Crippen LogP contribution is 2.65. The first kappa shape index (κ1) is 15.1. The molecule has 4 aliphatic rings. The van der Waals surface area contributed by atoms with Gasteiger partial charge in [0.2, 0.25) is 5.91 Å². The topological polar surface area (TPSA) is 59.0 Å². The molecule has 1 aromatic carbocycles. The van der Waals surface area contributed by atoms with E-state index in [2.05, 4.69) is 0 Å². The summed E-state index contributed by atoms with van der Waals surface area (Å²) >= 11 is 5.76. The van der Waals surface area contributed by atoms with Crippen molar-refractivity contribution in [1.82, 2.24) is 0 Å². The van der Waals surface area contributed by atoms with Gasteiger partial charge in [-0.1, -0.05) is 11.6 Å². The van der Waals surface area contributed by atoms with Crippen LogP contribution in [0.5, 0.6) is 0 Å². The molecule has 4 fully saturated rings. The van der Waals surface area contributed by atoms with Crippen LogP contribution in [0.2, 0.25) is 5.02 Å². The number of hydrogen-bond acceptors (Lipinski definition) is 4. The van der Waals surface area contributed by atoms with Crippen molar-refractivity contribution in [3.05, 3.63) is 29.0 Å². The molecule has 1 spiro atoms. The van der Waals surface area contributed by atoms with Gasteiger partial charge in [-0.25, -0.2) is 4.39 Å². The summed E-state index contributed by atoms with van der Waals surface area (Å²) < 4.78 is 26.0. The van der Waals surface area contributed by atoms with Gasteiger partial charge in [-0.15, -0.1) is 0 Å². The Hall–Kier alpha value is -1.21. The van der Waals surface area contributed by atoms with Crippen LogP contribution in [0.25, 0.3) is 0 Å². The Balaban J connectivity index is 1.63. The molecule has 128 valence electrons. The quantitative estimate of drug-likeness (QED) is 0.840. The lowest BCUT2D eigenvalue weighted by Gasteiger charge is -2.42. The molecule has 6 atom stereocenters. The third-order valence-electron chi connectivity index (χ3n) is 6.27. The van der Waals surface area contributed by atoms with Gasteiger partial charge < -0.3 is 14.6 Å². The van der Waals surface area contributed by atoms with Crippen molar-refractivity contribution in [2.75, 3.05) is 11.5 Å². The van der Waals surface area contributed by atoms with E-state index in [1.54, 1.807) is 13.0 Å². The van der Waals surface area contributed by atoms with E-state index in [1.807, 2.05) is 0 Å². The molecule has 2 bridgehead atoms. The molecule has 1 aromatic rings. The highest BCUT2D eigenvalue weighted by Gasteiger charge is 2.77. The minimum atomic E-state index is -0.909. The number of carbonyl (C=O) groups is 1. The Bertz CT molecular complexity index is 760. The van der Waals surface area contributed by atoms with Crippen LogP contribution in [0.1, 0.15) is 19.8 Å². The van der Waals surface area contributed by atoms with E-state index in [1.165, 1.54) is 17.0 Å². The Labute approximate surface area is 143 Å². The van der Waals surface area contributed by atoms with Crippen LogP contribution in [0.15, 0.2) is 18.2 Å². The second-order valence-electron chi connectivity index (χ2n) is 7.39. The van der Waals surface area contributed by atoms with Crippen LogP contribution in [0.3, 0.4) is 0 Å². The van der Waals surface area contributed by atoms with Crippen molar-refractivity contribution < 1.29 is 23.8 Å². The van der Waals surface area contributed by atoms with Crippen LogP contribution in [-0.2, 0) is 14.3 Å². The molecular weight excluding hydrogens is 337 g/mol. The summed E-state index contributed by atoms with van der Waals surface area (Å²) in [6.45, 7) is 2.24. The Morgan fingerprint density at radius 1 is 1.46 bits per heavy atom. The number of aliphatic hydroxyl groups is 1. The van der Waals surface area contributed by atoms with Gasteiger partial charge in [0.05, 0.1) is 29.3 Å². The number of anilines is 1. The standard InChI is InChI=1S/C17H17ClFNO4/c1-16-11(21)7-17(24-16)4-5-23-15-13(17)12(16)14(22)20(15)8-2-3-9(18)10(19)6-8/h2-3,6,11-13,15,21H,4-5,7H2,1H3/t11-,12-,13+,15+,16-,17+/m1/s1. The fourth-order valence-electron chi connectivity index (χ4n) is 5.23. The molecule has 24 heavy (non-hydrogen) atoms. The van der Waals surface area contributed by atoms with Crippen molar-refractivity contribution in [1.29, 1.82) is 0 Å². The normalized spacial score (nSPS) is 45.8. The van der Waals surface area contributed by atoms with E-state index in [4.69, 9.17) is 21.1 Å². The van der Waals surface area contributed by atoms with Crippen molar-refractivity contribution in [3.63, 3.8) is 0 Å². The molecule has 0 saturated carbocycles. The molecule has 0 aliphatic carbocycles. The molecule has 7 heteroatoms. The predicted molar refractivity (Wildman–Crippen MR) is 83.1 cm³/mol. The Morgan fingerprint density at radius 3 is 3.00 bits per heavy atom. The zero-order chi connectivity index (χ0) is 16.9. The van der Waals surface area contributed by atoms with Gasteiger partial charge in [0.25, 0.3) is 0 Å². The summed E-state index contributed by atoms with van der Waals surface area (Å²) in [6, 6.07) is 4.32. The fourth-order valence-corrected chi connectivity index (χ4v) is 5.35. The summed E-state index contributed by atoms with van der Waals surface area (Å²) in [5, 5.41) is 10.5. The lowest BCUT2D eigenvalue weighted by atomic mass is 9.65. The smallest absolute Gasteiger partial charge is 0.235 e. The first-order valence-electron chi connectivity index (χ1n) is 8.15. The van der Waals surface area contributed by atoms with Crippen LogP contribution < -0.4 is 4.90 Å². The van der Waals surface area contributed by atoms with E-state index in [0.29, 0.717) is 25.1 Å². The van der Waals surface area contributed by atoms with E-state index >= 15 is 0 Å². The maximum atomic E-state index is 13.9. The van der Waals surface area contributed by atoms with Gasteiger partial charge in [0.1, 0.15) is 17.6 Å². The highest BCUT2D eigenvalue weighted by atomic mass is 35.5. The SMILES string of the molecule is C[C@]12O[C@@]3(CCO[C@H]4[C@@H]3[C@@H]1C(=O)N4c1ccc(Cl)c(F)c1)C[C@H]2O. The van der Waals surface area contributed by atoms with Crippen LogP contribution in [0, 0.1) is 17.7 Å². The van der Waals surface area contributed by atoms with Crippen LogP contribution >= 0.6 is 11.6 Å². The maximum absolute atomic E-state index is 13.9. The van der Waals surface area contributed by atoms with Crippen LogP contribution in [-0.4, -0.2) is 41.2 Å². The first-order valence-corrected chi connectivity index (χ1v) is 8.53. The predicted octanol–water partition coefficient (Wildman–Crippen LogP) is 2.10. The molecule has 0 unspecified atom stereocenters. The van der Waals surface area contributed by atoms with Crippen molar-refractivity contribution >= 4 is 23.2 Å². The van der Waals surface area contributed by atoms with Gasteiger partial charge in [-0.3, -0.25) is 9.69 Å². The fraction of sp³-hybridized carbons (Fsp3) is 0.588. The zero-order valence-corrected chi connectivity index (χ0v) is 13.8. The lowest BCUT2D eigenvalue weighted by molar-refractivity contribution is -0.142. The molecule has 5 rings (SSSR count). The number of hydrogen-bond donors (Lipinski definition) is 1. The summed E-state index contributed by atoms with van der Waals surface area (Å²) in [4.78, 5) is 14.7. The second kappa shape index (κ2) is 4.49. The average Bonchev–Trinajstić information content (AvgIpc) is 3.07. The van der Waals surface area contributed by atoms with Crippen molar-refractivity contribution in [3.8, 4) is 0 Å². The van der Waals surface area contributed by atoms with E-state index in [9.17, 15) is 14.3 Å². The molecule has 4 aliphatic heterocycles. The van der Waals surface area contributed by atoms with Crippen molar-refractivity contribution in [2.24, 2.45) is 11.8 Å².